The van der Waals surface area contributed by atoms with E-state index in [1.165, 1.54) is 48.9 Å². The lowest BCUT2D eigenvalue weighted by molar-refractivity contribution is -0.0512. The number of rotatable bonds is 21. The Morgan fingerprint density at radius 3 is 1.22 bits per heavy atom. The summed E-state index contributed by atoms with van der Waals surface area (Å²) in [6.45, 7) is 15.7. The Kier molecular flexibility index (Phi) is 20.6. The van der Waals surface area contributed by atoms with Gasteiger partial charge in [-0.25, -0.2) is 41.3 Å². The van der Waals surface area contributed by atoms with Crippen LogP contribution < -0.4 is 31.9 Å². The Morgan fingerprint density at radius 2 is 0.862 bits per heavy atom. The molecule has 3 heterocycles. The SMILES string of the molecule is CC(F)(F)c1ccc(CCNc2ncc(C#N)c(N[C@@H]3C[C@H](O)C3(C)C)n2)cc1.CC(F)(F)c1cccc(CCNc2ncc(C#N)c(N[C@@H]3C[C@H](O)C3(C)C)n2)c1.CC(F)(F)c1ccccc1CCNc1ncc(C#N)c(N[C@@H]2C[C@H](O)C2(C)C)n1. The molecule has 18 nitrogen and oxygen atoms in total. The van der Waals surface area contributed by atoms with E-state index >= 15 is 0 Å². The van der Waals surface area contributed by atoms with Gasteiger partial charge in [0, 0.05) is 91.5 Å². The fourth-order valence-electron chi connectivity index (χ4n) is 9.99. The zero-order valence-electron chi connectivity index (χ0n) is 50.1. The van der Waals surface area contributed by atoms with Crippen molar-refractivity contribution in [2.75, 3.05) is 51.5 Å². The summed E-state index contributed by atoms with van der Waals surface area (Å²) in [7, 11) is 0. The highest BCUT2D eigenvalue weighted by molar-refractivity contribution is 5.57. The third-order valence-corrected chi connectivity index (χ3v) is 16.8. The molecule has 0 amide bonds. The van der Waals surface area contributed by atoms with Gasteiger partial charge in [0.15, 0.2) is 0 Å². The Bertz CT molecular complexity index is 3460. The summed E-state index contributed by atoms with van der Waals surface area (Å²) in [6, 6.07) is 25.2. The molecule has 3 aliphatic carbocycles. The number of hydrogen-bond donors (Lipinski definition) is 9. The van der Waals surface area contributed by atoms with E-state index in [4.69, 9.17) is 0 Å². The van der Waals surface area contributed by atoms with Crippen LogP contribution in [0.5, 0.6) is 0 Å². The number of nitriles is 3. The fraction of sp³-hybridized carbons (Fsp3) is 0.476. The minimum absolute atomic E-state index is 0.00537. The molecule has 24 heteroatoms. The first kappa shape index (κ1) is 66.2. The lowest BCUT2D eigenvalue weighted by atomic mass is 9.64. The van der Waals surface area contributed by atoms with Crippen molar-refractivity contribution in [3.63, 3.8) is 0 Å². The second-order valence-electron chi connectivity index (χ2n) is 24.3. The Labute approximate surface area is 503 Å². The van der Waals surface area contributed by atoms with Gasteiger partial charge in [-0.15, -0.1) is 0 Å². The minimum Gasteiger partial charge on any atom is -0.392 e. The molecular formula is C63H75F6N15O3. The molecule has 0 bridgehead atoms. The standard InChI is InChI=1S/3C21H25F2N5O/c1-20(2)16(10-17(20)29)27-18-14(11-24)12-26-19(28-18)25-9-8-13-4-6-15(7-5-13)21(3,22)23;1-20(2)16(10-17(20)29)27-18-14(11-24)12-26-19(28-18)25-8-7-13-5-4-6-15(9-13)21(3,22)23;1-20(2)16(10-17(20)29)27-18-14(11-24)12-26-19(28-18)25-9-8-13-6-4-5-7-15(13)21(3,22)23/h4-7,12,16-17,29H,8-10H2,1-3H3,(H2,25,26,27,28);4-6,9,12,16-17,29H,7-8,10H2,1-3H3,(H2,25,26,27,28);4-7,12,16-17,29H,8-10H2,1-3H3,(H2,25,26,27,28)/t3*16-,17+/m111/s1. The monoisotopic (exact) mass is 1200 g/mol. The summed E-state index contributed by atoms with van der Waals surface area (Å²) < 4.78 is 81.0. The van der Waals surface area contributed by atoms with Gasteiger partial charge < -0.3 is 47.2 Å². The van der Waals surface area contributed by atoms with E-state index in [1.807, 2.05) is 41.5 Å². The van der Waals surface area contributed by atoms with E-state index in [0.29, 0.717) is 116 Å². The molecule has 6 aromatic rings. The van der Waals surface area contributed by atoms with E-state index in [0.717, 1.165) is 31.9 Å². The molecule has 3 fully saturated rings. The first-order valence-corrected chi connectivity index (χ1v) is 28.6. The molecule has 3 aliphatic rings. The van der Waals surface area contributed by atoms with Gasteiger partial charge in [-0.05, 0) is 61.3 Å². The van der Waals surface area contributed by atoms with Crippen LogP contribution in [0, 0.1) is 50.2 Å². The van der Waals surface area contributed by atoms with Gasteiger partial charge in [0.25, 0.3) is 17.8 Å². The Balaban J connectivity index is 0.000000186. The summed E-state index contributed by atoms with van der Waals surface area (Å²) in [5.41, 5.74) is 2.30. The number of nitrogens with one attached hydrogen (secondary N) is 6. The van der Waals surface area contributed by atoms with Crippen LogP contribution in [0.4, 0.5) is 61.6 Å². The summed E-state index contributed by atoms with van der Waals surface area (Å²) in [5, 5.41) is 76.5. The van der Waals surface area contributed by atoms with E-state index in [2.05, 4.69) is 80.0 Å². The van der Waals surface area contributed by atoms with Crippen molar-refractivity contribution < 1.29 is 41.7 Å². The molecule has 0 aliphatic heterocycles. The number of aliphatic hydroxyl groups excluding tert-OH is 3. The first-order valence-electron chi connectivity index (χ1n) is 28.6. The Hall–Kier alpha value is -8.37. The van der Waals surface area contributed by atoms with Crippen LogP contribution in [0.1, 0.15) is 132 Å². The lowest BCUT2D eigenvalue weighted by Crippen LogP contribution is -2.57. The molecule has 462 valence electrons. The molecule has 9 N–H and O–H groups in total. The molecule has 0 radical (unpaired) electrons. The highest BCUT2D eigenvalue weighted by Crippen LogP contribution is 2.45. The summed E-state index contributed by atoms with van der Waals surface area (Å²) in [5.74, 6) is -6.33. The van der Waals surface area contributed by atoms with Crippen molar-refractivity contribution in [3.05, 3.63) is 141 Å². The molecule has 3 aromatic carbocycles. The van der Waals surface area contributed by atoms with Crippen LogP contribution >= 0.6 is 0 Å². The highest BCUT2D eigenvalue weighted by atomic mass is 19.3. The summed E-state index contributed by atoms with van der Waals surface area (Å²) in [6.07, 6.45) is 6.42. The Morgan fingerprint density at radius 1 is 0.483 bits per heavy atom. The normalized spacial score (nSPS) is 20.4. The number of nitrogens with zero attached hydrogens (tertiary/aromatic N) is 9. The van der Waals surface area contributed by atoms with Crippen LogP contribution in [0.25, 0.3) is 0 Å². The molecular weight excluding hydrogens is 1130 g/mol. The number of benzene rings is 3. The number of hydrogen-bond acceptors (Lipinski definition) is 18. The van der Waals surface area contributed by atoms with E-state index in [-0.39, 0.29) is 57.2 Å². The third kappa shape index (κ3) is 16.6. The number of aliphatic hydroxyl groups is 3. The van der Waals surface area contributed by atoms with Gasteiger partial charge >= 0.3 is 0 Å². The van der Waals surface area contributed by atoms with Crippen molar-refractivity contribution >= 4 is 35.3 Å². The van der Waals surface area contributed by atoms with Gasteiger partial charge in [0.1, 0.15) is 52.4 Å². The maximum absolute atomic E-state index is 13.8. The zero-order chi connectivity index (χ0) is 63.7. The lowest BCUT2D eigenvalue weighted by Gasteiger charge is -2.49. The van der Waals surface area contributed by atoms with Gasteiger partial charge in [-0.3, -0.25) is 0 Å². The molecule has 0 saturated heterocycles. The number of halogens is 6. The molecule has 6 atom stereocenters. The van der Waals surface area contributed by atoms with E-state index in [9.17, 15) is 57.4 Å². The smallest absolute Gasteiger partial charge is 0.270 e. The quantitative estimate of drug-likeness (QED) is 0.0303. The van der Waals surface area contributed by atoms with E-state index < -0.39 is 30.0 Å². The summed E-state index contributed by atoms with van der Waals surface area (Å²) in [4.78, 5) is 25.6. The van der Waals surface area contributed by atoms with Crippen LogP contribution in [0.2, 0.25) is 0 Å². The van der Waals surface area contributed by atoms with E-state index in [1.54, 1.807) is 42.5 Å². The van der Waals surface area contributed by atoms with Gasteiger partial charge in [0.2, 0.25) is 17.8 Å². The molecule has 87 heavy (non-hydrogen) atoms. The molecule has 3 aromatic heterocycles. The second-order valence-corrected chi connectivity index (χ2v) is 24.3. The average Bonchev–Trinajstić information content (AvgIpc) is 0.968. The highest BCUT2D eigenvalue weighted by Gasteiger charge is 2.49. The maximum Gasteiger partial charge on any atom is 0.270 e. The number of anilines is 6. The number of alkyl halides is 6. The van der Waals surface area contributed by atoms with Gasteiger partial charge in [-0.1, -0.05) is 108 Å². The maximum atomic E-state index is 13.8. The van der Waals surface area contributed by atoms with Crippen LogP contribution in [-0.2, 0) is 37.0 Å². The molecule has 9 rings (SSSR count). The van der Waals surface area contributed by atoms with Crippen LogP contribution in [0.3, 0.4) is 0 Å². The van der Waals surface area contributed by atoms with Crippen molar-refractivity contribution in [2.45, 2.75) is 155 Å². The third-order valence-electron chi connectivity index (χ3n) is 16.8. The predicted molar refractivity (Wildman–Crippen MR) is 320 cm³/mol. The summed E-state index contributed by atoms with van der Waals surface area (Å²) >= 11 is 0. The predicted octanol–water partition coefficient (Wildman–Crippen LogP) is 11.1. The zero-order valence-corrected chi connectivity index (χ0v) is 50.1. The average molecular weight is 1200 g/mol. The minimum atomic E-state index is -2.90. The van der Waals surface area contributed by atoms with Crippen LogP contribution in [-0.4, -0.2) is 101 Å². The van der Waals surface area contributed by atoms with Crippen molar-refractivity contribution in [3.8, 4) is 18.2 Å². The second kappa shape index (κ2) is 27.1. The van der Waals surface area contributed by atoms with Crippen LogP contribution in [0.15, 0.2) is 91.4 Å². The fourth-order valence-corrected chi connectivity index (χ4v) is 9.99. The van der Waals surface area contributed by atoms with Crippen molar-refractivity contribution in [1.29, 1.82) is 15.8 Å². The number of aromatic nitrogens is 6. The first-order chi connectivity index (χ1) is 40.8. The van der Waals surface area contributed by atoms with Gasteiger partial charge in [0.05, 0.1) is 36.9 Å². The largest absolute Gasteiger partial charge is 0.392 e. The van der Waals surface area contributed by atoms with Crippen molar-refractivity contribution in [2.24, 2.45) is 16.2 Å². The van der Waals surface area contributed by atoms with Crippen molar-refractivity contribution in [1.82, 2.24) is 29.9 Å². The molecule has 0 spiro atoms. The molecule has 3 saturated carbocycles. The van der Waals surface area contributed by atoms with Gasteiger partial charge in [-0.2, -0.15) is 30.7 Å². The molecule has 0 unspecified atom stereocenters. The topological polar surface area (TPSA) is 282 Å².